The van der Waals surface area contributed by atoms with Crippen molar-refractivity contribution in [1.82, 2.24) is 0 Å². The van der Waals surface area contributed by atoms with Gasteiger partial charge in [0.25, 0.3) is 5.91 Å². The summed E-state index contributed by atoms with van der Waals surface area (Å²) in [5, 5.41) is 3.89. The van der Waals surface area contributed by atoms with Gasteiger partial charge in [0.15, 0.2) is 0 Å². The van der Waals surface area contributed by atoms with Crippen LogP contribution in [0.15, 0.2) is 56.5 Å². The fraction of sp³-hybridized carbons (Fsp3) is 0.222. The fourth-order valence-corrected chi connectivity index (χ4v) is 4.39. The Bertz CT molecular complexity index is 748. The first-order chi connectivity index (χ1) is 11.1. The van der Waals surface area contributed by atoms with Crippen molar-refractivity contribution in [3.05, 3.63) is 62.1 Å². The summed E-state index contributed by atoms with van der Waals surface area (Å²) in [5.41, 5.74) is 3.59. The number of thioether (sulfide) groups is 2. The zero-order chi connectivity index (χ0) is 16.4. The first-order valence-corrected chi connectivity index (χ1v) is 9.13. The molecule has 0 aliphatic carbocycles. The molecule has 118 valence electrons. The molecular weight excluding hydrogens is 326 g/mol. The highest BCUT2D eigenvalue weighted by atomic mass is 32.2. The third-order valence-electron chi connectivity index (χ3n) is 3.70. The van der Waals surface area contributed by atoms with E-state index in [1.54, 1.807) is 4.90 Å². The minimum absolute atomic E-state index is 0.387. The molecule has 2 aliphatic rings. The van der Waals surface area contributed by atoms with Gasteiger partial charge in [0, 0.05) is 24.2 Å². The van der Waals surface area contributed by atoms with Gasteiger partial charge in [0.05, 0.1) is 4.24 Å². The number of carbonyl (C=O) groups excluding carboxylic acids is 2. The maximum atomic E-state index is 12.8. The van der Waals surface area contributed by atoms with Crippen LogP contribution in [0.3, 0.4) is 0 Å². The number of nitrogens with zero attached hydrogens (tertiary/aromatic N) is 1. The highest BCUT2D eigenvalue weighted by Gasteiger charge is 2.33. The summed E-state index contributed by atoms with van der Waals surface area (Å²) in [6, 6.07) is 7.77. The first-order valence-electron chi connectivity index (χ1n) is 7.37. The van der Waals surface area contributed by atoms with Gasteiger partial charge in [-0.3, -0.25) is 9.59 Å². The van der Waals surface area contributed by atoms with Gasteiger partial charge in [-0.1, -0.05) is 53.4 Å². The van der Waals surface area contributed by atoms with Crippen LogP contribution in [0.5, 0.6) is 0 Å². The Hall–Kier alpha value is -1.72. The largest absolute Gasteiger partial charge is 0.301 e. The molecular formula is C18H17NO2S2. The molecule has 0 spiro atoms. The smallest absolute Gasteiger partial charge is 0.299 e. The van der Waals surface area contributed by atoms with Crippen LogP contribution in [0.2, 0.25) is 0 Å². The van der Waals surface area contributed by atoms with E-state index in [-0.39, 0.29) is 5.78 Å². The third-order valence-corrected chi connectivity index (χ3v) is 5.91. The van der Waals surface area contributed by atoms with Gasteiger partial charge in [-0.05, 0) is 36.3 Å². The van der Waals surface area contributed by atoms with Crippen molar-refractivity contribution in [1.29, 1.82) is 0 Å². The Morgan fingerprint density at radius 1 is 1.17 bits per heavy atom. The van der Waals surface area contributed by atoms with Crippen LogP contribution < -0.4 is 4.90 Å². The number of fused-ring (bicyclic) bond motifs is 1. The summed E-state index contributed by atoms with van der Waals surface area (Å²) in [4.78, 5) is 27.1. The molecule has 5 heteroatoms. The molecule has 0 fully saturated rings. The highest BCUT2D eigenvalue weighted by Crippen LogP contribution is 2.42. The minimum Gasteiger partial charge on any atom is -0.301 e. The average Bonchev–Trinajstić information content (AvgIpc) is 3.03. The zero-order valence-electron chi connectivity index (χ0n) is 13.0. The molecule has 3 nitrogen and oxygen atoms in total. The van der Waals surface area contributed by atoms with Gasteiger partial charge in [-0.2, -0.15) is 0 Å². The Labute approximate surface area is 144 Å². The minimum atomic E-state index is -0.442. The third kappa shape index (κ3) is 3.31. The Morgan fingerprint density at radius 3 is 2.57 bits per heavy atom. The van der Waals surface area contributed by atoms with Crippen LogP contribution in [-0.2, 0) is 16.0 Å². The summed E-state index contributed by atoms with van der Waals surface area (Å²) in [6.45, 7) is 4.40. The van der Waals surface area contributed by atoms with E-state index in [1.807, 2.05) is 55.0 Å². The molecule has 1 aromatic carbocycles. The second-order valence-corrected chi connectivity index (χ2v) is 7.70. The van der Waals surface area contributed by atoms with Crippen molar-refractivity contribution >= 4 is 40.9 Å². The second kappa shape index (κ2) is 6.81. The lowest BCUT2D eigenvalue weighted by molar-refractivity contribution is -0.133. The van der Waals surface area contributed by atoms with E-state index in [1.165, 1.54) is 23.5 Å². The molecule has 0 saturated heterocycles. The molecule has 3 rings (SSSR count). The average molecular weight is 343 g/mol. The molecule has 0 unspecified atom stereocenters. The lowest BCUT2D eigenvalue weighted by Gasteiger charge is -2.20. The molecule has 0 atom stereocenters. The number of rotatable bonds is 2. The molecule has 0 radical (unpaired) electrons. The first kappa shape index (κ1) is 16.1. The van der Waals surface area contributed by atoms with Gasteiger partial charge < -0.3 is 4.90 Å². The topological polar surface area (TPSA) is 37.4 Å². The van der Waals surface area contributed by atoms with Crippen molar-refractivity contribution in [2.45, 2.75) is 20.3 Å². The summed E-state index contributed by atoms with van der Waals surface area (Å²) in [6.07, 6.45) is 2.48. The van der Waals surface area contributed by atoms with Crippen molar-refractivity contribution in [3.8, 4) is 0 Å². The number of ketones is 1. The maximum absolute atomic E-state index is 12.8. The molecule has 23 heavy (non-hydrogen) atoms. The summed E-state index contributed by atoms with van der Waals surface area (Å²) in [5.74, 6) is -0.829. The van der Waals surface area contributed by atoms with Gasteiger partial charge >= 0.3 is 0 Å². The number of hydrogen-bond acceptors (Lipinski definition) is 4. The Balaban J connectivity index is 2.08. The normalized spacial score (nSPS) is 17.4. The molecule has 2 heterocycles. The zero-order valence-corrected chi connectivity index (χ0v) is 14.7. The number of para-hydroxylation sites is 1. The second-order valence-electron chi connectivity index (χ2n) is 5.61. The van der Waals surface area contributed by atoms with Crippen LogP contribution in [0.25, 0.3) is 0 Å². The predicted molar refractivity (Wildman–Crippen MR) is 98.3 cm³/mol. The maximum Gasteiger partial charge on any atom is 0.299 e. The number of amides is 1. The van der Waals surface area contributed by atoms with Crippen LogP contribution in [-0.4, -0.2) is 18.2 Å². The predicted octanol–water partition coefficient (Wildman–Crippen LogP) is 4.27. The van der Waals surface area contributed by atoms with Gasteiger partial charge in [0.1, 0.15) is 0 Å². The van der Waals surface area contributed by atoms with E-state index in [2.05, 4.69) is 0 Å². The number of benzene rings is 1. The summed E-state index contributed by atoms with van der Waals surface area (Å²) >= 11 is 3.03. The van der Waals surface area contributed by atoms with E-state index >= 15 is 0 Å². The summed E-state index contributed by atoms with van der Waals surface area (Å²) < 4.78 is 0.919. The molecule has 0 saturated carbocycles. The van der Waals surface area contributed by atoms with Gasteiger partial charge in [-0.15, -0.1) is 0 Å². The van der Waals surface area contributed by atoms with E-state index in [9.17, 15) is 9.59 Å². The van der Waals surface area contributed by atoms with Crippen LogP contribution in [0, 0.1) is 0 Å². The quantitative estimate of drug-likeness (QED) is 0.456. The van der Waals surface area contributed by atoms with E-state index in [0.717, 1.165) is 21.1 Å². The summed E-state index contributed by atoms with van der Waals surface area (Å²) in [7, 11) is 0. The molecule has 0 N–H and O–H groups in total. The molecule has 1 aromatic rings. The number of allylic oxidation sites excluding steroid dienone is 1. The molecule has 2 aliphatic heterocycles. The Kier molecular flexibility index (Phi) is 4.78. The van der Waals surface area contributed by atoms with Crippen molar-refractivity contribution < 1.29 is 9.59 Å². The fourth-order valence-electron chi connectivity index (χ4n) is 2.52. The number of carbonyl (C=O) groups is 2. The standard InChI is InChI=1S/C18H17NO2S2/c1-12(2)7-8-19-15-6-4-3-5-13(15)11-14(16(20)17(19)21)18-22-9-10-23-18/h3-7,9-10H,8,11H2,1-2H3. The molecule has 1 amide bonds. The Morgan fingerprint density at radius 2 is 1.87 bits per heavy atom. The monoisotopic (exact) mass is 343 g/mol. The number of anilines is 1. The van der Waals surface area contributed by atoms with Crippen molar-refractivity contribution in [3.63, 3.8) is 0 Å². The van der Waals surface area contributed by atoms with E-state index in [4.69, 9.17) is 0 Å². The van der Waals surface area contributed by atoms with Crippen LogP contribution >= 0.6 is 23.5 Å². The van der Waals surface area contributed by atoms with Gasteiger partial charge in [-0.25, -0.2) is 0 Å². The van der Waals surface area contributed by atoms with Crippen LogP contribution in [0.4, 0.5) is 5.69 Å². The van der Waals surface area contributed by atoms with Gasteiger partial charge in [0.2, 0.25) is 5.78 Å². The van der Waals surface area contributed by atoms with E-state index < -0.39 is 5.91 Å². The molecule has 0 bridgehead atoms. The number of hydrogen-bond donors (Lipinski definition) is 0. The lowest BCUT2D eigenvalue weighted by atomic mass is 10.0. The highest BCUT2D eigenvalue weighted by molar-refractivity contribution is 8.27. The van der Waals surface area contributed by atoms with Crippen LogP contribution in [0.1, 0.15) is 19.4 Å². The van der Waals surface area contributed by atoms with Crippen molar-refractivity contribution in [2.75, 3.05) is 11.4 Å². The number of Topliss-reactive ketones (excluding diaryl/α,β-unsaturated/α-hetero) is 1. The SMILES string of the molecule is CC(C)=CCN1C(=O)C(=O)C(=C2SC=CS2)Cc2ccccc21. The molecule has 0 aromatic heterocycles. The van der Waals surface area contributed by atoms with Crippen molar-refractivity contribution in [2.24, 2.45) is 0 Å². The lowest BCUT2D eigenvalue weighted by Crippen LogP contribution is -2.36. The van der Waals surface area contributed by atoms with E-state index in [0.29, 0.717) is 18.5 Å².